The molecule has 0 unspecified atom stereocenters. The quantitative estimate of drug-likeness (QED) is 0.237. The molecule has 6 heteroatoms. The third-order valence-electron chi connectivity index (χ3n) is 1.50. The van der Waals surface area contributed by atoms with E-state index < -0.39 is 0 Å². The first-order chi connectivity index (χ1) is 5.79. The molecule has 0 radical (unpaired) electrons. The molecule has 0 bridgehead atoms. The summed E-state index contributed by atoms with van der Waals surface area (Å²) in [5, 5.41) is 10.5. The molecular formula is C6H13N5S. The van der Waals surface area contributed by atoms with E-state index in [2.05, 4.69) is 33.4 Å². The monoisotopic (exact) mass is 187 g/mol. The Kier molecular flexibility index (Phi) is 3.92. The molecule has 1 saturated heterocycles. The van der Waals surface area contributed by atoms with Crippen molar-refractivity contribution in [3.63, 3.8) is 0 Å². The largest absolute Gasteiger partial charge is 0.375 e. The highest BCUT2D eigenvalue weighted by Crippen LogP contribution is 1.81. The molecular weight excluding hydrogens is 174 g/mol. The minimum atomic E-state index is 0.190. The zero-order chi connectivity index (χ0) is 8.81. The summed E-state index contributed by atoms with van der Waals surface area (Å²) in [7, 11) is 0. The molecule has 5 N–H and O–H groups in total. The number of hydrogen-bond donors (Lipinski definition) is 4. The molecule has 0 aliphatic carbocycles. The number of rotatable bonds is 2. The van der Waals surface area contributed by atoms with Crippen molar-refractivity contribution in [1.29, 1.82) is 0 Å². The van der Waals surface area contributed by atoms with Crippen LogP contribution in [0.2, 0.25) is 0 Å². The van der Waals surface area contributed by atoms with Crippen LogP contribution in [0.25, 0.3) is 0 Å². The first-order valence-corrected chi connectivity index (χ1v) is 4.22. The molecule has 0 spiro atoms. The second kappa shape index (κ2) is 5.02. The van der Waals surface area contributed by atoms with Gasteiger partial charge in [0, 0.05) is 25.8 Å². The van der Waals surface area contributed by atoms with Crippen LogP contribution >= 0.6 is 12.2 Å². The van der Waals surface area contributed by atoms with Gasteiger partial charge in [-0.3, -0.25) is 5.43 Å². The van der Waals surface area contributed by atoms with E-state index in [9.17, 15) is 0 Å². The number of nitrogens with one attached hydrogen (secondary N) is 3. The van der Waals surface area contributed by atoms with Crippen molar-refractivity contribution >= 4 is 23.5 Å². The van der Waals surface area contributed by atoms with Crippen LogP contribution in [0.1, 0.15) is 0 Å². The lowest BCUT2D eigenvalue weighted by atomic mass is 10.2. The van der Waals surface area contributed by atoms with E-state index >= 15 is 0 Å². The normalized spacial score (nSPS) is 24.2. The lowest BCUT2D eigenvalue weighted by molar-refractivity contribution is 0.491. The van der Waals surface area contributed by atoms with E-state index in [1.54, 1.807) is 6.21 Å². The van der Waals surface area contributed by atoms with Gasteiger partial charge in [-0.25, -0.2) is 0 Å². The minimum absolute atomic E-state index is 0.190. The van der Waals surface area contributed by atoms with Crippen LogP contribution < -0.4 is 21.8 Å². The number of nitrogens with zero attached hydrogens (tertiary/aromatic N) is 1. The highest BCUT2D eigenvalue weighted by atomic mass is 32.1. The summed E-state index contributed by atoms with van der Waals surface area (Å²) in [5.74, 6) is 0. The van der Waals surface area contributed by atoms with Gasteiger partial charge in [-0.1, -0.05) is 0 Å². The lowest BCUT2D eigenvalue weighted by Gasteiger charge is -2.20. The third-order valence-corrected chi connectivity index (χ3v) is 1.59. The molecule has 1 aliphatic rings. The standard InChI is InChI=1S/C6H13N5S/c7-6(12)11-10-4-5-3-8-1-2-9-5/h4-5,8-9H,1-3H2,(H3,7,11,12)/b10-4-/t5-/m1/s1. The van der Waals surface area contributed by atoms with Crippen LogP contribution in [0.15, 0.2) is 5.10 Å². The maximum Gasteiger partial charge on any atom is 0.184 e. The Bertz CT molecular complexity index is 175. The predicted octanol–water partition coefficient (Wildman–Crippen LogP) is -1.63. The second-order valence-corrected chi connectivity index (χ2v) is 2.96. The van der Waals surface area contributed by atoms with Gasteiger partial charge in [-0.15, -0.1) is 0 Å². The fraction of sp³-hybridized carbons (Fsp3) is 0.667. The summed E-state index contributed by atoms with van der Waals surface area (Å²) >= 11 is 4.58. The number of hydrazone groups is 1. The van der Waals surface area contributed by atoms with E-state index in [0.717, 1.165) is 19.6 Å². The van der Waals surface area contributed by atoms with Gasteiger partial charge >= 0.3 is 0 Å². The molecule has 0 saturated carbocycles. The van der Waals surface area contributed by atoms with Gasteiger partial charge in [0.2, 0.25) is 0 Å². The van der Waals surface area contributed by atoms with E-state index in [4.69, 9.17) is 5.73 Å². The van der Waals surface area contributed by atoms with Crippen LogP contribution in [0.4, 0.5) is 0 Å². The Morgan fingerprint density at radius 3 is 3.08 bits per heavy atom. The van der Waals surface area contributed by atoms with Crippen molar-refractivity contribution in [3.8, 4) is 0 Å². The van der Waals surface area contributed by atoms with E-state index in [0.29, 0.717) is 0 Å². The van der Waals surface area contributed by atoms with Gasteiger partial charge < -0.3 is 16.4 Å². The van der Waals surface area contributed by atoms with Gasteiger partial charge in [0.25, 0.3) is 0 Å². The van der Waals surface area contributed by atoms with Crippen molar-refractivity contribution in [1.82, 2.24) is 16.1 Å². The summed E-state index contributed by atoms with van der Waals surface area (Å²) < 4.78 is 0. The van der Waals surface area contributed by atoms with Gasteiger partial charge in [-0.2, -0.15) is 5.10 Å². The van der Waals surface area contributed by atoms with Crippen LogP contribution in [0.3, 0.4) is 0 Å². The Hall–Kier alpha value is -0.720. The number of hydrogen-bond acceptors (Lipinski definition) is 4. The minimum Gasteiger partial charge on any atom is -0.375 e. The van der Waals surface area contributed by atoms with Gasteiger partial charge in [-0.05, 0) is 12.2 Å². The molecule has 0 aromatic rings. The lowest BCUT2D eigenvalue weighted by Crippen LogP contribution is -2.49. The van der Waals surface area contributed by atoms with Crippen molar-refractivity contribution < 1.29 is 0 Å². The first kappa shape index (κ1) is 9.37. The molecule has 0 amide bonds. The van der Waals surface area contributed by atoms with E-state index in [1.807, 2.05) is 0 Å². The van der Waals surface area contributed by atoms with Crippen LogP contribution in [-0.2, 0) is 0 Å². The van der Waals surface area contributed by atoms with E-state index in [1.165, 1.54) is 0 Å². The molecule has 1 aliphatic heterocycles. The molecule has 0 aromatic carbocycles. The highest BCUT2D eigenvalue weighted by molar-refractivity contribution is 7.80. The van der Waals surface area contributed by atoms with Crippen LogP contribution in [0.5, 0.6) is 0 Å². The predicted molar refractivity (Wildman–Crippen MR) is 53.1 cm³/mol. The Labute approximate surface area is 76.8 Å². The SMILES string of the molecule is NC(=S)N/N=C\[C@H]1CNCCN1. The first-order valence-electron chi connectivity index (χ1n) is 3.82. The summed E-state index contributed by atoms with van der Waals surface area (Å²) in [6.45, 7) is 2.86. The summed E-state index contributed by atoms with van der Waals surface area (Å²) in [4.78, 5) is 0. The van der Waals surface area contributed by atoms with Crippen molar-refractivity contribution in [2.45, 2.75) is 6.04 Å². The maximum atomic E-state index is 5.18. The maximum absolute atomic E-state index is 5.18. The Balaban J connectivity index is 2.19. The highest BCUT2D eigenvalue weighted by Gasteiger charge is 2.07. The topological polar surface area (TPSA) is 74.5 Å². The van der Waals surface area contributed by atoms with Gasteiger partial charge in [0.05, 0.1) is 6.04 Å². The summed E-state index contributed by atoms with van der Waals surface area (Å²) in [6.07, 6.45) is 1.76. The zero-order valence-corrected chi connectivity index (χ0v) is 7.53. The van der Waals surface area contributed by atoms with Crippen molar-refractivity contribution in [2.24, 2.45) is 10.8 Å². The number of nitrogens with two attached hydrogens (primary N) is 1. The fourth-order valence-electron chi connectivity index (χ4n) is 0.972. The van der Waals surface area contributed by atoms with Gasteiger partial charge in [0.15, 0.2) is 5.11 Å². The molecule has 0 aromatic heterocycles. The summed E-state index contributed by atoms with van der Waals surface area (Å²) in [6, 6.07) is 0.264. The second-order valence-electron chi connectivity index (χ2n) is 2.52. The number of thiocarbonyl (C=S) groups is 1. The van der Waals surface area contributed by atoms with Crippen LogP contribution in [0, 0.1) is 0 Å². The van der Waals surface area contributed by atoms with E-state index in [-0.39, 0.29) is 11.2 Å². The Morgan fingerprint density at radius 1 is 1.67 bits per heavy atom. The molecule has 5 nitrogen and oxygen atoms in total. The molecule has 1 atom stereocenters. The zero-order valence-electron chi connectivity index (χ0n) is 6.71. The molecule has 1 heterocycles. The molecule has 68 valence electrons. The smallest absolute Gasteiger partial charge is 0.184 e. The average molecular weight is 187 g/mol. The summed E-state index contributed by atoms with van der Waals surface area (Å²) in [5.41, 5.74) is 7.68. The Morgan fingerprint density at radius 2 is 2.50 bits per heavy atom. The number of piperazine rings is 1. The van der Waals surface area contributed by atoms with Crippen LogP contribution in [-0.4, -0.2) is 37.0 Å². The molecule has 12 heavy (non-hydrogen) atoms. The third kappa shape index (κ3) is 3.61. The van der Waals surface area contributed by atoms with Gasteiger partial charge in [0.1, 0.15) is 0 Å². The molecule has 1 rings (SSSR count). The molecule has 1 fully saturated rings. The van der Waals surface area contributed by atoms with Crippen molar-refractivity contribution in [3.05, 3.63) is 0 Å². The van der Waals surface area contributed by atoms with Crippen molar-refractivity contribution in [2.75, 3.05) is 19.6 Å². The average Bonchev–Trinajstić information content (AvgIpc) is 2.05. The fourth-order valence-corrected chi connectivity index (χ4v) is 1.02.